The Bertz CT molecular complexity index is 620. The highest BCUT2D eigenvalue weighted by Gasteiger charge is 2.11. The third-order valence-corrected chi connectivity index (χ3v) is 3.31. The predicted molar refractivity (Wildman–Crippen MR) is 83.1 cm³/mol. The number of carbonyl (C=O) groups excluding carboxylic acids is 1. The molecule has 0 atom stereocenters. The van der Waals surface area contributed by atoms with Crippen LogP contribution < -0.4 is 11.1 Å². The molecule has 0 bridgehead atoms. The van der Waals surface area contributed by atoms with Gasteiger partial charge in [0.25, 0.3) is 5.91 Å². The van der Waals surface area contributed by atoms with Crippen molar-refractivity contribution in [3.05, 3.63) is 64.7 Å². The zero-order chi connectivity index (χ0) is 14.5. The van der Waals surface area contributed by atoms with E-state index >= 15 is 0 Å². The molecule has 2 rings (SSSR count). The number of hydrogen-bond donors (Lipinski definition) is 2. The third-order valence-electron chi connectivity index (χ3n) is 3.31. The Labute approximate surface area is 119 Å². The third kappa shape index (κ3) is 3.25. The second kappa shape index (κ2) is 6.35. The molecule has 3 N–H and O–H groups in total. The molecule has 0 aliphatic carbocycles. The molecule has 0 aliphatic heterocycles. The van der Waals surface area contributed by atoms with Crippen LogP contribution >= 0.6 is 0 Å². The van der Waals surface area contributed by atoms with Crippen molar-refractivity contribution >= 4 is 11.6 Å². The number of amides is 1. The first-order valence-corrected chi connectivity index (χ1v) is 6.78. The minimum absolute atomic E-state index is 0.0824. The van der Waals surface area contributed by atoms with Crippen LogP contribution in [0.15, 0.2) is 42.5 Å². The van der Waals surface area contributed by atoms with Crippen molar-refractivity contribution in [2.45, 2.75) is 20.3 Å². The number of benzene rings is 2. The number of aryl methyl sites for hydroxylation is 2. The second-order valence-corrected chi connectivity index (χ2v) is 4.97. The summed E-state index contributed by atoms with van der Waals surface area (Å²) in [5.74, 6) is -0.0824. The van der Waals surface area contributed by atoms with E-state index in [-0.39, 0.29) is 5.91 Å². The molecule has 104 valence electrons. The molecule has 20 heavy (non-hydrogen) atoms. The van der Waals surface area contributed by atoms with E-state index in [1.54, 1.807) is 0 Å². The molecule has 2 aromatic rings. The van der Waals surface area contributed by atoms with Crippen LogP contribution in [0.2, 0.25) is 0 Å². The molecule has 0 fully saturated rings. The summed E-state index contributed by atoms with van der Waals surface area (Å²) in [4.78, 5) is 12.4. The molecule has 0 saturated carbocycles. The van der Waals surface area contributed by atoms with Gasteiger partial charge in [-0.25, -0.2) is 0 Å². The molecule has 3 nitrogen and oxygen atoms in total. The SMILES string of the molecule is Cc1ccc(NC(=O)c2ccccc2CCN)c(C)c1. The lowest BCUT2D eigenvalue weighted by Crippen LogP contribution is -2.16. The average Bonchev–Trinajstić information content (AvgIpc) is 2.43. The normalized spacial score (nSPS) is 10.3. The Morgan fingerprint density at radius 2 is 1.90 bits per heavy atom. The van der Waals surface area contributed by atoms with Crippen molar-refractivity contribution in [1.29, 1.82) is 0 Å². The zero-order valence-electron chi connectivity index (χ0n) is 11.9. The highest BCUT2D eigenvalue weighted by atomic mass is 16.1. The number of anilines is 1. The fraction of sp³-hybridized carbons (Fsp3) is 0.235. The molecule has 3 heteroatoms. The first kappa shape index (κ1) is 14.3. The van der Waals surface area contributed by atoms with Gasteiger partial charge < -0.3 is 11.1 Å². The Morgan fingerprint density at radius 3 is 2.60 bits per heavy atom. The minimum Gasteiger partial charge on any atom is -0.330 e. The summed E-state index contributed by atoms with van der Waals surface area (Å²) in [6.45, 7) is 4.57. The minimum atomic E-state index is -0.0824. The monoisotopic (exact) mass is 268 g/mol. The number of rotatable bonds is 4. The first-order valence-electron chi connectivity index (χ1n) is 6.78. The predicted octanol–water partition coefficient (Wildman–Crippen LogP) is 3.06. The molecule has 0 aliphatic rings. The highest BCUT2D eigenvalue weighted by Crippen LogP contribution is 2.18. The largest absolute Gasteiger partial charge is 0.330 e. The molecular formula is C17H20N2O. The van der Waals surface area contributed by atoms with Crippen molar-refractivity contribution in [2.75, 3.05) is 11.9 Å². The Kier molecular flexibility index (Phi) is 4.53. The molecular weight excluding hydrogens is 248 g/mol. The summed E-state index contributed by atoms with van der Waals surface area (Å²) in [5, 5.41) is 2.97. The van der Waals surface area contributed by atoms with Crippen LogP contribution in [0.1, 0.15) is 27.0 Å². The summed E-state index contributed by atoms with van der Waals surface area (Å²) < 4.78 is 0. The van der Waals surface area contributed by atoms with Gasteiger partial charge in [0.1, 0.15) is 0 Å². The Morgan fingerprint density at radius 1 is 1.15 bits per heavy atom. The molecule has 2 aromatic carbocycles. The van der Waals surface area contributed by atoms with Gasteiger partial charge in [0.15, 0.2) is 0 Å². The summed E-state index contributed by atoms with van der Waals surface area (Å²) in [6, 6.07) is 13.6. The standard InChI is InChI=1S/C17H20N2O/c1-12-7-8-16(13(2)11-12)19-17(20)15-6-4-3-5-14(15)9-10-18/h3-8,11H,9-10,18H2,1-2H3,(H,19,20). The smallest absolute Gasteiger partial charge is 0.255 e. The van der Waals surface area contributed by atoms with Crippen LogP contribution in [-0.4, -0.2) is 12.5 Å². The molecule has 0 spiro atoms. The Hall–Kier alpha value is -2.13. The fourth-order valence-corrected chi connectivity index (χ4v) is 2.26. The van der Waals surface area contributed by atoms with Gasteiger partial charge in [-0.2, -0.15) is 0 Å². The van der Waals surface area contributed by atoms with Crippen molar-refractivity contribution in [3.63, 3.8) is 0 Å². The van der Waals surface area contributed by atoms with E-state index in [0.717, 1.165) is 16.8 Å². The number of nitrogens with two attached hydrogens (primary N) is 1. The fourth-order valence-electron chi connectivity index (χ4n) is 2.26. The van der Waals surface area contributed by atoms with Crippen LogP contribution in [-0.2, 0) is 6.42 Å². The maximum Gasteiger partial charge on any atom is 0.255 e. The number of carbonyl (C=O) groups is 1. The van der Waals surface area contributed by atoms with Crippen LogP contribution in [0.4, 0.5) is 5.69 Å². The van der Waals surface area contributed by atoms with Gasteiger partial charge in [-0.3, -0.25) is 4.79 Å². The molecule has 0 saturated heterocycles. The summed E-state index contributed by atoms with van der Waals surface area (Å²) in [7, 11) is 0. The number of hydrogen-bond acceptors (Lipinski definition) is 2. The average molecular weight is 268 g/mol. The second-order valence-electron chi connectivity index (χ2n) is 4.97. The van der Waals surface area contributed by atoms with Gasteiger partial charge in [-0.15, -0.1) is 0 Å². The lowest BCUT2D eigenvalue weighted by Gasteiger charge is -2.11. The molecule has 0 aromatic heterocycles. The van der Waals surface area contributed by atoms with Crippen molar-refractivity contribution in [1.82, 2.24) is 0 Å². The van der Waals surface area contributed by atoms with E-state index in [0.29, 0.717) is 18.5 Å². The lowest BCUT2D eigenvalue weighted by atomic mass is 10.0. The van der Waals surface area contributed by atoms with Crippen LogP contribution in [0, 0.1) is 13.8 Å². The quantitative estimate of drug-likeness (QED) is 0.895. The molecule has 1 amide bonds. The van der Waals surface area contributed by atoms with E-state index in [4.69, 9.17) is 5.73 Å². The van der Waals surface area contributed by atoms with Crippen LogP contribution in [0.5, 0.6) is 0 Å². The van der Waals surface area contributed by atoms with Crippen molar-refractivity contribution < 1.29 is 4.79 Å². The first-order chi connectivity index (χ1) is 9.61. The van der Waals surface area contributed by atoms with E-state index in [1.165, 1.54) is 5.56 Å². The summed E-state index contributed by atoms with van der Waals surface area (Å²) in [5.41, 5.74) is 10.4. The topological polar surface area (TPSA) is 55.1 Å². The van der Waals surface area contributed by atoms with E-state index in [1.807, 2.05) is 50.2 Å². The van der Waals surface area contributed by atoms with Crippen molar-refractivity contribution in [2.24, 2.45) is 5.73 Å². The van der Waals surface area contributed by atoms with Crippen molar-refractivity contribution in [3.8, 4) is 0 Å². The summed E-state index contributed by atoms with van der Waals surface area (Å²) in [6.07, 6.45) is 0.705. The molecule has 0 radical (unpaired) electrons. The number of nitrogens with one attached hydrogen (secondary N) is 1. The van der Waals surface area contributed by atoms with Crippen LogP contribution in [0.3, 0.4) is 0 Å². The summed E-state index contributed by atoms with van der Waals surface area (Å²) >= 11 is 0. The lowest BCUT2D eigenvalue weighted by molar-refractivity contribution is 0.102. The molecule has 0 heterocycles. The van der Waals surface area contributed by atoms with E-state index in [9.17, 15) is 4.79 Å². The maximum atomic E-state index is 12.4. The zero-order valence-corrected chi connectivity index (χ0v) is 11.9. The van der Waals surface area contributed by atoms with Gasteiger partial charge in [-0.1, -0.05) is 35.9 Å². The van der Waals surface area contributed by atoms with E-state index in [2.05, 4.69) is 11.4 Å². The Balaban J connectivity index is 2.24. The molecule has 0 unspecified atom stereocenters. The van der Waals surface area contributed by atoms with Gasteiger partial charge in [0, 0.05) is 11.3 Å². The van der Waals surface area contributed by atoms with Gasteiger partial charge in [-0.05, 0) is 50.1 Å². The van der Waals surface area contributed by atoms with Crippen LogP contribution in [0.25, 0.3) is 0 Å². The van der Waals surface area contributed by atoms with Gasteiger partial charge in [0.2, 0.25) is 0 Å². The van der Waals surface area contributed by atoms with Gasteiger partial charge >= 0.3 is 0 Å². The maximum absolute atomic E-state index is 12.4. The van der Waals surface area contributed by atoms with Gasteiger partial charge in [0.05, 0.1) is 0 Å². The van der Waals surface area contributed by atoms with E-state index < -0.39 is 0 Å². The highest BCUT2D eigenvalue weighted by molar-refractivity contribution is 6.05.